The van der Waals surface area contributed by atoms with Gasteiger partial charge in [-0.1, -0.05) is 20.8 Å². The largest absolute Gasteiger partial charge is 0.469 e. The van der Waals surface area contributed by atoms with E-state index in [0.29, 0.717) is 3.58 Å². The number of aliphatic hydroxyl groups excluding tert-OH is 1. The van der Waals surface area contributed by atoms with Gasteiger partial charge in [0.05, 0.1) is 13.2 Å². The quantitative estimate of drug-likeness (QED) is 0.450. The Morgan fingerprint density at radius 3 is 1.94 bits per heavy atom. The number of hydrogen-bond acceptors (Lipinski definition) is 4. The Bertz CT molecular complexity index is 259. The summed E-state index contributed by atoms with van der Waals surface area (Å²) >= 11 is 1.84. The number of halogens is 1. The van der Waals surface area contributed by atoms with Crippen LogP contribution in [0, 0.1) is 0 Å². The minimum Gasteiger partial charge on any atom is -0.391 e. The molecular weight excluding hydrogens is 372 g/mol. The van der Waals surface area contributed by atoms with Crippen LogP contribution in [0.4, 0.5) is 0 Å². The lowest BCUT2D eigenvalue weighted by Crippen LogP contribution is -2.21. The second kappa shape index (κ2) is 12.5. The van der Waals surface area contributed by atoms with E-state index in [1.165, 1.54) is 25.7 Å². The third-order valence-electron chi connectivity index (χ3n) is 2.04. The van der Waals surface area contributed by atoms with Gasteiger partial charge in [-0.25, -0.2) is 4.57 Å². The maximum atomic E-state index is 10.1. The van der Waals surface area contributed by atoms with Gasteiger partial charge >= 0.3 is 7.82 Å². The van der Waals surface area contributed by atoms with Gasteiger partial charge in [-0.05, 0) is 48.3 Å². The summed E-state index contributed by atoms with van der Waals surface area (Å²) in [6, 6.07) is 0. The van der Waals surface area contributed by atoms with Gasteiger partial charge in [-0.2, -0.15) is 0 Å². The summed E-state index contributed by atoms with van der Waals surface area (Å²) in [6.07, 6.45) is 1.39. The zero-order valence-electron chi connectivity index (χ0n) is 11.0. The van der Waals surface area contributed by atoms with Crippen molar-refractivity contribution in [1.29, 1.82) is 0 Å². The van der Waals surface area contributed by atoms with Crippen molar-refractivity contribution in [2.24, 2.45) is 0 Å². The third kappa shape index (κ3) is 16.5. The predicted molar refractivity (Wildman–Crippen MR) is 80.6 cm³/mol. The second-order valence-corrected chi connectivity index (χ2v) is 5.84. The summed E-state index contributed by atoms with van der Waals surface area (Å²) in [5.74, 6) is 0. The molecular formula is C10H23INO5P. The first-order chi connectivity index (χ1) is 8.30. The Balaban J connectivity index is 0. The first-order valence-electron chi connectivity index (χ1n) is 5.68. The summed E-state index contributed by atoms with van der Waals surface area (Å²) in [4.78, 5) is 18.8. The molecule has 0 atom stereocenters. The van der Waals surface area contributed by atoms with Gasteiger partial charge in [0.25, 0.3) is 0 Å². The van der Waals surface area contributed by atoms with Crippen LogP contribution in [0.2, 0.25) is 0 Å². The molecule has 0 radical (unpaired) electrons. The fourth-order valence-corrected chi connectivity index (χ4v) is 1.41. The van der Waals surface area contributed by atoms with E-state index in [2.05, 4.69) is 30.2 Å². The molecule has 0 aromatic heterocycles. The fraction of sp³-hybridized carbons (Fsp3) is 0.800. The van der Waals surface area contributed by atoms with Crippen molar-refractivity contribution in [3.05, 3.63) is 9.66 Å². The maximum Gasteiger partial charge on any atom is 0.469 e. The highest BCUT2D eigenvalue weighted by Crippen LogP contribution is 2.35. The van der Waals surface area contributed by atoms with E-state index < -0.39 is 7.82 Å². The van der Waals surface area contributed by atoms with E-state index in [1.54, 1.807) is 0 Å². The van der Waals surface area contributed by atoms with Gasteiger partial charge in [-0.3, -0.25) is 4.52 Å². The molecule has 0 saturated heterocycles. The molecule has 0 saturated carbocycles. The van der Waals surface area contributed by atoms with E-state index in [4.69, 9.17) is 14.9 Å². The van der Waals surface area contributed by atoms with Gasteiger partial charge in [-0.15, -0.1) is 0 Å². The Kier molecular flexibility index (Phi) is 14.5. The molecule has 0 amide bonds. The molecule has 8 heteroatoms. The Morgan fingerprint density at radius 1 is 1.28 bits per heavy atom. The van der Waals surface area contributed by atoms with E-state index in [9.17, 15) is 4.57 Å². The summed E-state index contributed by atoms with van der Waals surface area (Å²) in [7, 11) is -4.36. The predicted octanol–water partition coefficient (Wildman–Crippen LogP) is 1.75. The summed E-state index contributed by atoms with van der Waals surface area (Å²) in [6.45, 7) is 9.79. The molecule has 0 bridgehead atoms. The van der Waals surface area contributed by atoms with Crippen LogP contribution in [0.1, 0.15) is 20.8 Å². The van der Waals surface area contributed by atoms with Crippen molar-refractivity contribution in [1.82, 2.24) is 4.90 Å². The summed E-state index contributed by atoms with van der Waals surface area (Å²) in [5, 5.41) is 8.44. The van der Waals surface area contributed by atoms with Gasteiger partial charge in [0.2, 0.25) is 0 Å². The van der Waals surface area contributed by atoms with Crippen LogP contribution < -0.4 is 0 Å². The first-order valence-corrected chi connectivity index (χ1v) is 8.29. The van der Waals surface area contributed by atoms with Gasteiger partial charge in [0.15, 0.2) is 0 Å². The molecule has 0 aliphatic rings. The smallest absolute Gasteiger partial charge is 0.391 e. The standard InChI is InChI=1S/C6H15N.C4H8IO5P/c1-4-7(5-2)6-3;5-4(3-6)1-2-10-11(7,8)9/h4-6H2,1-3H3;1,6H,2-3H2,(H2,7,8,9)/b;4-1-. The fourth-order valence-electron chi connectivity index (χ4n) is 0.960. The molecule has 0 aliphatic heterocycles. The monoisotopic (exact) mass is 395 g/mol. The van der Waals surface area contributed by atoms with Gasteiger partial charge in [0, 0.05) is 3.58 Å². The number of aliphatic hydroxyl groups is 1. The van der Waals surface area contributed by atoms with Crippen LogP contribution in [0.3, 0.4) is 0 Å². The van der Waals surface area contributed by atoms with Crippen molar-refractivity contribution >= 4 is 30.4 Å². The van der Waals surface area contributed by atoms with Crippen molar-refractivity contribution in [2.45, 2.75) is 20.8 Å². The highest BCUT2D eigenvalue weighted by molar-refractivity contribution is 14.1. The average Bonchev–Trinajstić information content (AvgIpc) is 2.30. The Hall–Kier alpha value is 0.500. The van der Waals surface area contributed by atoms with Crippen LogP contribution in [0.15, 0.2) is 9.66 Å². The van der Waals surface area contributed by atoms with Crippen molar-refractivity contribution < 1.29 is 24.0 Å². The molecule has 0 aliphatic carbocycles. The third-order valence-corrected chi connectivity index (χ3v) is 3.31. The Labute approximate surface area is 122 Å². The van der Waals surface area contributed by atoms with Crippen LogP contribution in [0.5, 0.6) is 0 Å². The van der Waals surface area contributed by atoms with E-state index >= 15 is 0 Å². The van der Waals surface area contributed by atoms with Crippen LogP contribution in [-0.2, 0) is 9.09 Å². The molecule has 3 N–H and O–H groups in total. The molecule has 18 heavy (non-hydrogen) atoms. The lowest BCUT2D eigenvalue weighted by molar-refractivity contribution is 0.215. The van der Waals surface area contributed by atoms with Crippen molar-refractivity contribution in [3.8, 4) is 0 Å². The van der Waals surface area contributed by atoms with E-state index in [0.717, 1.165) is 0 Å². The zero-order chi connectivity index (χ0) is 14.6. The highest BCUT2D eigenvalue weighted by Gasteiger charge is 2.11. The molecule has 0 heterocycles. The number of hydrogen-bond donors (Lipinski definition) is 3. The molecule has 0 unspecified atom stereocenters. The van der Waals surface area contributed by atoms with E-state index in [-0.39, 0.29) is 13.2 Å². The molecule has 0 rings (SSSR count). The highest BCUT2D eigenvalue weighted by atomic mass is 127. The molecule has 6 nitrogen and oxygen atoms in total. The van der Waals surface area contributed by atoms with Crippen LogP contribution in [0.25, 0.3) is 0 Å². The SMILES string of the molecule is CCN(CC)CC.O=P(O)(O)OC/C=C(\I)CO. The molecule has 110 valence electrons. The molecule has 0 spiro atoms. The van der Waals surface area contributed by atoms with Gasteiger partial charge < -0.3 is 19.8 Å². The normalized spacial score (nSPS) is 12.3. The Morgan fingerprint density at radius 2 is 1.72 bits per heavy atom. The zero-order valence-corrected chi connectivity index (χ0v) is 14.1. The van der Waals surface area contributed by atoms with Crippen LogP contribution >= 0.6 is 30.4 Å². The minimum atomic E-state index is -4.36. The number of nitrogens with zero attached hydrogens (tertiary/aromatic N) is 1. The maximum absolute atomic E-state index is 10.1. The van der Waals surface area contributed by atoms with Crippen LogP contribution in [-0.4, -0.2) is 52.6 Å². The number of phosphoric ester groups is 1. The lowest BCUT2D eigenvalue weighted by Gasteiger charge is -2.13. The molecule has 0 fully saturated rings. The first kappa shape index (κ1) is 20.8. The molecule has 0 aromatic carbocycles. The van der Waals surface area contributed by atoms with Gasteiger partial charge in [0.1, 0.15) is 0 Å². The lowest BCUT2D eigenvalue weighted by atomic mass is 10.5. The van der Waals surface area contributed by atoms with Crippen molar-refractivity contribution in [3.63, 3.8) is 0 Å². The second-order valence-electron chi connectivity index (χ2n) is 3.21. The molecule has 0 aromatic rings. The van der Waals surface area contributed by atoms with Crippen molar-refractivity contribution in [2.75, 3.05) is 32.8 Å². The topological polar surface area (TPSA) is 90.2 Å². The summed E-state index contributed by atoms with van der Waals surface area (Å²) in [5.41, 5.74) is 0. The minimum absolute atomic E-state index is 0.148. The van der Waals surface area contributed by atoms with E-state index in [1.807, 2.05) is 22.6 Å². The average molecular weight is 395 g/mol. The number of phosphoric acid groups is 1. The number of rotatable bonds is 7. The summed E-state index contributed by atoms with van der Waals surface area (Å²) < 4.78 is 14.7.